The molecule has 0 radical (unpaired) electrons. The molecular formula is C12H18N2O3S2. The van der Waals surface area contributed by atoms with Gasteiger partial charge >= 0.3 is 0 Å². The van der Waals surface area contributed by atoms with Gasteiger partial charge in [0.1, 0.15) is 17.3 Å². The standard InChI is InChI=1S/C12H18N2O3S2/c1-12(2,3)19(15,16)14-9-6-4-5-7-10(9)17-8-11(13)18/h4-7,14H,8H2,1-3H3,(H2,13,18). The van der Waals surface area contributed by atoms with Crippen molar-refractivity contribution in [3.63, 3.8) is 0 Å². The van der Waals surface area contributed by atoms with E-state index in [0.717, 1.165) is 0 Å². The lowest BCUT2D eigenvalue weighted by molar-refractivity contribution is 0.379. The van der Waals surface area contributed by atoms with Gasteiger partial charge in [-0.3, -0.25) is 4.72 Å². The maximum atomic E-state index is 12.1. The van der Waals surface area contributed by atoms with Crippen LogP contribution in [0.5, 0.6) is 5.75 Å². The largest absolute Gasteiger partial charge is 0.484 e. The van der Waals surface area contributed by atoms with Crippen molar-refractivity contribution in [2.75, 3.05) is 11.3 Å². The number of hydrogen-bond acceptors (Lipinski definition) is 4. The van der Waals surface area contributed by atoms with Gasteiger partial charge in [-0.05, 0) is 32.9 Å². The normalized spacial score (nSPS) is 11.9. The number of benzene rings is 1. The van der Waals surface area contributed by atoms with E-state index in [1.807, 2.05) is 0 Å². The van der Waals surface area contributed by atoms with Crippen molar-refractivity contribution in [1.82, 2.24) is 0 Å². The smallest absolute Gasteiger partial charge is 0.237 e. The molecular weight excluding hydrogens is 284 g/mol. The summed E-state index contributed by atoms with van der Waals surface area (Å²) in [6, 6.07) is 6.73. The summed E-state index contributed by atoms with van der Waals surface area (Å²) >= 11 is 4.72. The topological polar surface area (TPSA) is 81.4 Å². The molecule has 1 aromatic carbocycles. The highest BCUT2D eigenvalue weighted by Gasteiger charge is 2.29. The quantitative estimate of drug-likeness (QED) is 0.812. The van der Waals surface area contributed by atoms with Crippen molar-refractivity contribution in [3.05, 3.63) is 24.3 Å². The highest BCUT2D eigenvalue weighted by molar-refractivity contribution is 7.94. The van der Waals surface area contributed by atoms with Crippen LogP contribution in [0.2, 0.25) is 0 Å². The van der Waals surface area contributed by atoms with E-state index in [1.54, 1.807) is 45.0 Å². The van der Waals surface area contributed by atoms with Gasteiger partial charge < -0.3 is 10.5 Å². The van der Waals surface area contributed by atoms with Gasteiger partial charge in [0, 0.05) is 0 Å². The number of nitrogens with one attached hydrogen (secondary N) is 1. The second kappa shape index (κ2) is 5.75. The molecule has 0 amide bonds. The molecule has 3 N–H and O–H groups in total. The summed E-state index contributed by atoms with van der Waals surface area (Å²) in [5.41, 5.74) is 5.72. The van der Waals surface area contributed by atoms with E-state index in [1.165, 1.54) is 0 Å². The summed E-state index contributed by atoms with van der Waals surface area (Å²) in [5, 5.41) is 0. The van der Waals surface area contributed by atoms with Crippen molar-refractivity contribution < 1.29 is 13.2 Å². The molecule has 0 heterocycles. The molecule has 0 spiro atoms. The summed E-state index contributed by atoms with van der Waals surface area (Å²) in [6.07, 6.45) is 0. The van der Waals surface area contributed by atoms with Crippen molar-refractivity contribution in [2.24, 2.45) is 5.73 Å². The van der Waals surface area contributed by atoms with Crippen LogP contribution >= 0.6 is 12.2 Å². The van der Waals surface area contributed by atoms with Crippen LogP contribution in [0, 0.1) is 0 Å². The third-order valence-corrected chi connectivity index (χ3v) is 4.53. The molecule has 0 aliphatic heterocycles. The predicted octanol–water partition coefficient (Wildman–Crippen LogP) is 1.89. The van der Waals surface area contributed by atoms with Gasteiger partial charge in [0.25, 0.3) is 0 Å². The Bertz CT molecular complexity index is 563. The average Bonchev–Trinajstić information content (AvgIpc) is 2.25. The Balaban J connectivity index is 2.99. The van der Waals surface area contributed by atoms with Gasteiger partial charge in [-0.15, -0.1) is 0 Å². The Kier molecular flexibility index (Phi) is 4.75. The van der Waals surface area contributed by atoms with Crippen LogP contribution in [0.25, 0.3) is 0 Å². The summed E-state index contributed by atoms with van der Waals surface area (Å²) < 4.78 is 31.2. The first-order valence-electron chi connectivity index (χ1n) is 5.66. The third-order valence-electron chi connectivity index (χ3n) is 2.31. The number of para-hydroxylation sites is 2. The van der Waals surface area contributed by atoms with Gasteiger partial charge in [-0.1, -0.05) is 24.4 Å². The van der Waals surface area contributed by atoms with Crippen LogP contribution in [0.15, 0.2) is 24.3 Å². The lowest BCUT2D eigenvalue weighted by Crippen LogP contribution is -2.33. The minimum atomic E-state index is -3.51. The van der Waals surface area contributed by atoms with Crippen LogP contribution in [0.4, 0.5) is 5.69 Å². The second-order valence-electron chi connectivity index (χ2n) is 4.97. The molecule has 0 saturated heterocycles. The minimum absolute atomic E-state index is 0.0591. The molecule has 0 saturated carbocycles. The Morgan fingerprint density at radius 2 is 1.95 bits per heavy atom. The van der Waals surface area contributed by atoms with Crippen LogP contribution in [0.3, 0.4) is 0 Å². The number of sulfonamides is 1. The number of nitrogens with two attached hydrogens (primary N) is 1. The predicted molar refractivity (Wildman–Crippen MR) is 81.0 cm³/mol. The zero-order chi connectivity index (χ0) is 14.7. The molecule has 0 unspecified atom stereocenters. The first kappa shape index (κ1) is 15.7. The lowest BCUT2D eigenvalue weighted by atomic mass is 10.3. The van der Waals surface area contributed by atoms with E-state index in [4.69, 9.17) is 22.7 Å². The Morgan fingerprint density at radius 1 is 1.37 bits per heavy atom. The summed E-state index contributed by atoms with van der Waals surface area (Å²) in [6.45, 7) is 4.92. The molecule has 1 aromatic rings. The molecule has 1 rings (SSSR count). The average molecular weight is 302 g/mol. The van der Waals surface area contributed by atoms with Gasteiger partial charge in [-0.25, -0.2) is 8.42 Å². The Morgan fingerprint density at radius 3 is 2.47 bits per heavy atom. The summed E-state index contributed by atoms with van der Waals surface area (Å²) in [4.78, 5) is 0.202. The highest BCUT2D eigenvalue weighted by Crippen LogP contribution is 2.27. The first-order chi connectivity index (χ1) is 8.63. The molecule has 0 bridgehead atoms. The van der Waals surface area contributed by atoms with Crippen LogP contribution in [-0.4, -0.2) is 24.8 Å². The monoisotopic (exact) mass is 302 g/mol. The van der Waals surface area contributed by atoms with Crippen LogP contribution in [0.1, 0.15) is 20.8 Å². The van der Waals surface area contributed by atoms with E-state index in [2.05, 4.69) is 4.72 Å². The molecule has 19 heavy (non-hydrogen) atoms. The Labute approximate surface area is 119 Å². The maximum absolute atomic E-state index is 12.1. The fourth-order valence-corrected chi connectivity index (χ4v) is 1.95. The van der Waals surface area contributed by atoms with Crippen molar-refractivity contribution in [1.29, 1.82) is 0 Å². The number of anilines is 1. The molecule has 5 nitrogen and oxygen atoms in total. The molecule has 7 heteroatoms. The van der Waals surface area contributed by atoms with E-state index in [0.29, 0.717) is 11.4 Å². The van der Waals surface area contributed by atoms with Crippen molar-refractivity contribution in [3.8, 4) is 5.75 Å². The van der Waals surface area contributed by atoms with Crippen molar-refractivity contribution >= 4 is 32.9 Å². The first-order valence-corrected chi connectivity index (χ1v) is 7.55. The number of hydrogen-bond donors (Lipinski definition) is 2. The lowest BCUT2D eigenvalue weighted by Gasteiger charge is -2.21. The van der Waals surface area contributed by atoms with Crippen LogP contribution < -0.4 is 15.2 Å². The zero-order valence-corrected chi connectivity index (χ0v) is 12.8. The van der Waals surface area contributed by atoms with Crippen LogP contribution in [-0.2, 0) is 10.0 Å². The molecule has 0 aromatic heterocycles. The fourth-order valence-electron chi connectivity index (χ4n) is 1.12. The second-order valence-corrected chi connectivity index (χ2v) is 7.93. The van der Waals surface area contributed by atoms with E-state index < -0.39 is 14.8 Å². The van der Waals surface area contributed by atoms with Gasteiger partial charge in [0.2, 0.25) is 10.0 Å². The van der Waals surface area contributed by atoms with E-state index in [9.17, 15) is 8.42 Å². The van der Waals surface area contributed by atoms with Crippen molar-refractivity contribution in [2.45, 2.75) is 25.5 Å². The number of thiocarbonyl (C=S) groups is 1. The number of rotatable bonds is 5. The zero-order valence-electron chi connectivity index (χ0n) is 11.1. The van der Waals surface area contributed by atoms with Gasteiger partial charge in [0.05, 0.1) is 10.4 Å². The minimum Gasteiger partial charge on any atom is -0.484 e. The number of ether oxygens (including phenoxy) is 1. The van der Waals surface area contributed by atoms with Gasteiger partial charge in [0.15, 0.2) is 0 Å². The SMILES string of the molecule is CC(C)(C)S(=O)(=O)Nc1ccccc1OCC(N)=S. The fraction of sp³-hybridized carbons (Fsp3) is 0.417. The van der Waals surface area contributed by atoms with E-state index >= 15 is 0 Å². The molecule has 0 aliphatic carbocycles. The summed E-state index contributed by atoms with van der Waals surface area (Å²) in [5.74, 6) is 0.392. The third kappa shape index (κ3) is 4.36. The summed E-state index contributed by atoms with van der Waals surface area (Å²) in [7, 11) is -3.51. The maximum Gasteiger partial charge on any atom is 0.237 e. The van der Waals surface area contributed by atoms with Gasteiger partial charge in [-0.2, -0.15) is 0 Å². The highest BCUT2D eigenvalue weighted by atomic mass is 32.2. The van der Waals surface area contributed by atoms with E-state index in [-0.39, 0.29) is 11.6 Å². The molecule has 0 atom stereocenters. The Hall–Kier alpha value is -1.34. The molecule has 106 valence electrons. The molecule has 0 fully saturated rings. The molecule has 0 aliphatic rings.